The molecule has 0 unspecified atom stereocenters. The van der Waals surface area contributed by atoms with E-state index in [1.165, 1.54) is 0 Å². The van der Waals surface area contributed by atoms with Crippen molar-refractivity contribution in [2.45, 2.75) is 0 Å². The van der Waals surface area contributed by atoms with Crippen molar-refractivity contribution in [3.8, 4) is 0 Å². The molecule has 0 rings (SSSR count). The van der Waals surface area contributed by atoms with Crippen LogP contribution in [-0.4, -0.2) is 29.0 Å². The van der Waals surface area contributed by atoms with Crippen LogP contribution in [0.25, 0.3) is 0 Å². The fourth-order valence-corrected chi connectivity index (χ4v) is 0. The predicted octanol–water partition coefficient (Wildman–Crippen LogP) is -5.61. The maximum absolute atomic E-state index is 10.4. The topological polar surface area (TPSA) is 127 Å². The first kappa shape index (κ1) is 16.7. The Morgan fingerprint density at radius 2 is 1.50 bits per heavy atom. The van der Waals surface area contributed by atoms with Crippen LogP contribution in [0, 0.1) is 10.1 Å². The fraction of sp³-hybridized carbons (Fsp3) is 0. The van der Waals surface area contributed by atoms with Gasteiger partial charge in [0, 0.05) is 0 Å². The van der Waals surface area contributed by atoms with Crippen LogP contribution in [0.4, 0.5) is 4.11 Å². The van der Waals surface area contributed by atoms with E-state index in [-0.39, 0.29) is 29.6 Å². The Labute approximate surface area is 77.7 Å². The third-order valence-electron chi connectivity index (χ3n) is 0. The summed E-state index contributed by atoms with van der Waals surface area (Å²) in [5, 5.41) is 13.6. The first-order valence-corrected chi connectivity index (χ1v) is 3.09. The molecule has 0 radical (unpaired) electrons. The van der Waals surface area contributed by atoms with Crippen molar-refractivity contribution in [1.29, 1.82) is 0 Å². The first-order valence-electron chi connectivity index (χ1n) is 1.41. The Bertz CT molecular complexity index is 80.2. The van der Waals surface area contributed by atoms with Crippen LogP contribution in [0.2, 0.25) is 0 Å². The molecule has 0 amide bonds. The maximum atomic E-state index is 10.4. The summed E-state index contributed by atoms with van der Waals surface area (Å²) in [6.45, 7) is 0. The molecule has 0 aromatic carbocycles. The second-order valence-corrected chi connectivity index (χ2v) is 1.82. The van der Waals surface area contributed by atoms with Crippen LogP contribution in [0.5, 0.6) is 0 Å². The summed E-state index contributed by atoms with van der Waals surface area (Å²) < 4.78 is 10.4. The molecule has 0 saturated carbocycles. The van der Waals surface area contributed by atoms with Gasteiger partial charge in [0.05, 0.1) is 0 Å². The number of rotatable bonds is 0. The Morgan fingerprint density at radius 1 is 1.50 bits per heavy atom. The molecule has 0 spiro atoms. The van der Waals surface area contributed by atoms with E-state index in [0.717, 1.165) is 0 Å². The Kier molecular flexibility index (Phi) is 12.2. The minimum Gasteiger partial charge on any atom is -0.790 e. The minimum absolute atomic E-state index is 0. The molecule has 0 saturated heterocycles. The second-order valence-electron chi connectivity index (χ2n) is 0.767. The van der Waals surface area contributed by atoms with Gasteiger partial charge in [0.1, 0.15) is 0 Å². The number of halogens is 1. The van der Waals surface area contributed by atoms with Gasteiger partial charge in [-0.2, -0.15) is 0 Å². The van der Waals surface area contributed by atoms with Crippen molar-refractivity contribution in [2.24, 2.45) is 0 Å². The summed E-state index contributed by atoms with van der Waals surface area (Å²) in [5.74, 6) is 0. The number of nitrogens with zero attached hydrogens (tertiary/aromatic N) is 1. The molecule has 0 aliphatic rings. The average Bonchev–Trinajstić information content (AvgIpc) is 1.19. The Morgan fingerprint density at radius 3 is 1.50 bits per heavy atom. The van der Waals surface area contributed by atoms with E-state index in [4.69, 9.17) is 29.7 Å². The van der Waals surface area contributed by atoms with Crippen LogP contribution in [0.3, 0.4) is 0 Å². The molecular formula is H3FNNaO6Si. The quantitative estimate of drug-likeness (QED) is 0.149. The van der Waals surface area contributed by atoms with Crippen LogP contribution >= 0.6 is 0 Å². The third kappa shape index (κ3) is 8350. The first-order chi connectivity index (χ1) is 3.73. The van der Waals surface area contributed by atoms with Crippen LogP contribution in [0.15, 0.2) is 0 Å². The van der Waals surface area contributed by atoms with E-state index < -0.39 is 14.2 Å². The van der Waals surface area contributed by atoms with Gasteiger partial charge in [-0.3, -0.25) is 4.11 Å². The van der Waals surface area contributed by atoms with E-state index in [0.29, 0.717) is 0 Å². The second kappa shape index (κ2) is 7.34. The summed E-state index contributed by atoms with van der Waals surface area (Å²) >= 11 is 0. The summed E-state index contributed by atoms with van der Waals surface area (Å²) in [6.07, 6.45) is 0. The van der Waals surface area contributed by atoms with Gasteiger partial charge in [0.25, 0.3) is 5.09 Å². The molecule has 0 fully saturated rings. The summed E-state index contributed by atoms with van der Waals surface area (Å²) in [7, 11) is -5.36. The fourth-order valence-electron chi connectivity index (χ4n) is 0. The smallest absolute Gasteiger partial charge is 0.790 e. The largest absolute Gasteiger partial charge is 1.00 e. The Hall–Kier alpha value is 0.227. The van der Waals surface area contributed by atoms with E-state index in [1.54, 1.807) is 0 Å². The van der Waals surface area contributed by atoms with Crippen molar-refractivity contribution >= 4 is 9.14 Å². The molecule has 10 heteroatoms. The van der Waals surface area contributed by atoms with Crippen molar-refractivity contribution in [3.63, 3.8) is 0 Å². The van der Waals surface area contributed by atoms with Crippen molar-refractivity contribution in [3.05, 3.63) is 10.1 Å². The monoisotopic (exact) mass is 183 g/mol. The van der Waals surface area contributed by atoms with Gasteiger partial charge in [0.15, 0.2) is 0 Å². The molecule has 0 aromatic heterocycles. The van der Waals surface area contributed by atoms with Crippen molar-refractivity contribution < 1.29 is 58.3 Å². The molecule has 0 aromatic rings. The average molecular weight is 183 g/mol. The van der Waals surface area contributed by atoms with E-state index in [9.17, 15) is 4.11 Å². The van der Waals surface area contributed by atoms with E-state index >= 15 is 0 Å². The zero-order valence-electron chi connectivity index (χ0n) is 4.89. The number of hydrogen-bond acceptors (Lipinski definition) is 5. The summed E-state index contributed by atoms with van der Waals surface area (Å²) in [5.41, 5.74) is 0. The molecule has 56 valence electrons. The van der Waals surface area contributed by atoms with Crippen molar-refractivity contribution in [1.82, 2.24) is 0 Å². The number of hydrogen-bond donors (Lipinski definition) is 3. The molecule has 3 N–H and O–H groups in total. The van der Waals surface area contributed by atoms with Gasteiger partial charge in [0.2, 0.25) is 0 Å². The molecule has 7 nitrogen and oxygen atoms in total. The van der Waals surface area contributed by atoms with Gasteiger partial charge in [-0.15, -0.1) is 10.1 Å². The van der Waals surface area contributed by atoms with Gasteiger partial charge in [-0.1, -0.05) is 0 Å². The van der Waals surface area contributed by atoms with E-state index in [1.807, 2.05) is 0 Å². The molecular weight excluding hydrogens is 180 g/mol. The molecule has 0 atom stereocenters. The van der Waals surface area contributed by atoms with Gasteiger partial charge < -0.3 is 19.6 Å². The van der Waals surface area contributed by atoms with Crippen LogP contribution in [0.1, 0.15) is 0 Å². The third-order valence-corrected chi connectivity index (χ3v) is 0. The Balaban J connectivity index is -0.0000000910. The summed E-state index contributed by atoms with van der Waals surface area (Å²) in [4.78, 5) is 31.0. The SMILES string of the molecule is O=[N+]([O-])O.[Na+].[O-][Si](O)(O)F. The van der Waals surface area contributed by atoms with Crippen LogP contribution < -0.4 is 34.4 Å². The normalized spacial score (nSPS) is 8.40. The minimum atomic E-state index is -5.36. The van der Waals surface area contributed by atoms with Crippen LogP contribution in [-0.2, 0) is 0 Å². The molecule has 10 heavy (non-hydrogen) atoms. The predicted molar refractivity (Wildman–Crippen MR) is 20.1 cm³/mol. The zero-order chi connectivity index (χ0) is 8.08. The molecule has 0 heterocycles. The molecule has 0 bridgehead atoms. The van der Waals surface area contributed by atoms with Gasteiger partial charge >= 0.3 is 38.7 Å². The standard InChI is InChI=1S/FH2O3Si.HNO3.Na/c1-5(2,3)4;2-1(3)4;/h2-3H;(H,2,3,4);/q-1;;+1. The molecule has 0 aliphatic heterocycles. The van der Waals surface area contributed by atoms with E-state index in [2.05, 4.69) is 0 Å². The van der Waals surface area contributed by atoms with Gasteiger partial charge in [-0.25, -0.2) is 0 Å². The summed E-state index contributed by atoms with van der Waals surface area (Å²) in [6, 6.07) is 0. The van der Waals surface area contributed by atoms with Crippen molar-refractivity contribution in [2.75, 3.05) is 0 Å². The zero-order valence-corrected chi connectivity index (χ0v) is 7.89. The molecule has 0 aliphatic carbocycles. The van der Waals surface area contributed by atoms with Gasteiger partial charge in [-0.05, 0) is 0 Å². The maximum Gasteiger partial charge on any atom is 1.00 e.